The maximum atomic E-state index is 12.1. The smallest absolute Gasteiger partial charge is 0.227 e. The Labute approximate surface area is 181 Å². The molecule has 2 unspecified atom stereocenters. The van der Waals surface area contributed by atoms with Gasteiger partial charge in [-0.05, 0) is 43.2 Å². The molecule has 0 radical (unpaired) electrons. The van der Waals surface area contributed by atoms with E-state index in [-0.39, 0.29) is 11.8 Å². The number of nitrogens with one attached hydrogen (secondary N) is 3. The summed E-state index contributed by atoms with van der Waals surface area (Å²) in [4.78, 5) is 17.5. The number of rotatable bonds is 9. The fourth-order valence-corrected chi connectivity index (χ4v) is 3.56. The molecule has 0 spiro atoms. The van der Waals surface area contributed by atoms with Crippen LogP contribution in [0.5, 0.6) is 0 Å². The summed E-state index contributed by atoms with van der Waals surface area (Å²) in [6.45, 7) is 7.37. The molecule has 0 bridgehead atoms. The van der Waals surface area contributed by atoms with E-state index >= 15 is 0 Å². The number of halogens is 1. The van der Waals surface area contributed by atoms with Crippen molar-refractivity contribution in [3.8, 4) is 0 Å². The Morgan fingerprint density at radius 1 is 1.24 bits per heavy atom. The van der Waals surface area contributed by atoms with Gasteiger partial charge in [-0.2, -0.15) is 0 Å². The summed E-state index contributed by atoms with van der Waals surface area (Å²) in [6, 6.07) is 11.3. The van der Waals surface area contributed by atoms with E-state index in [1.165, 1.54) is 11.3 Å². The molecule has 1 aromatic heterocycles. The minimum atomic E-state index is -0.657. The van der Waals surface area contributed by atoms with Crippen molar-refractivity contribution in [2.75, 3.05) is 18.4 Å². The summed E-state index contributed by atoms with van der Waals surface area (Å²) in [5.41, 5.74) is 1.75. The fourth-order valence-electron chi connectivity index (χ4n) is 2.51. The molecule has 29 heavy (non-hydrogen) atoms. The molecular weight excluding hydrogens is 408 g/mol. The quantitative estimate of drug-likeness (QED) is 0.351. The van der Waals surface area contributed by atoms with Crippen LogP contribution in [-0.2, 0) is 11.3 Å². The Hall–Kier alpha value is -2.09. The van der Waals surface area contributed by atoms with Crippen LogP contribution in [0.25, 0.3) is 0 Å². The van der Waals surface area contributed by atoms with Crippen LogP contribution in [-0.4, -0.2) is 30.1 Å². The molecule has 8 heteroatoms. The average molecular weight is 437 g/mol. The molecule has 0 fully saturated rings. The van der Waals surface area contributed by atoms with Crippen molar-refractivity contribution in [2.24, 2.45) is 10.9 Å². The molecule has 0 aliphatic heterocycles. The van der Waals surface area contributed by atoms with Crippen molar-refractivity contribution in [2.45, 2.75) is 39.8 Å². The van der Waals surface area contributed by atoms with Gasteiger partial charge in [0.05, 0.1) is 10.9 Å². The Kier molecular flexibility index (Phi) is 9.44. The topological polar surface area (TPSA) is 85.8 Å². The van der Waals surface area contributed by atoms with Gasteiger partial charge in [-0.1, -0.05) is 37.6 Å². The van der Waals surface area contributed by atoms with Crippen LogP contribution < -0.4 is 16.0 Å². The third-order valence-corrected chi connectivity index (χ3v) is 5.74. The first kappa shape index (κ1) is 23.2. The second-order valence-corrected chi connectivity index (χ2v) is 8.48. The molecule has 0 aliphatic carbocycles. The monoisotopic (exact) mass is 436 g/mol. The first-order valence-electron chi connectivity index (χ1n) is 9.78. The van der Waals surface area contributed by atoms with Crippen molar-refractivity contribution < 1.29 is 9.90 Å². The molecule has 4 N–H and O–H groups in total. The minimum Gasteiger partial charge on any atom is -0.386 e. The van der Waals surface area contributed by atoms with Crippen LogP contribution in [0.3, 0.4) is 0 Å². The van der Waals surface area contributed by atoms with E-state index < -0.39 is 6.10 Å². The number of hydrogen-bond donors (Lipinski definition) is 4. The molecule has 2 aromatic rings. The summed E-state index contributed by atoms with van der Waals surface area (Å²) in [7, 11) is 0. The van der Waals surface area contributed by atoms with Crippen molar-refractivity contribution in [1.29, 1.82) is 0 Å². The number of nitrogens with zero attached hydrogens (tertiary/aromatic N) is 1. The van der Waals surface area contributed by atoms with E-state index in [1.54, 1.807) is 6.07 Å². The number of carbonyl (C=O) groups is 1. The van der Waals surface area contributed by atoms with Crippen LogP contribution in [0.15, 0.2) is 41.4 Å². The van der Waals surface area contributed by atoms with Gasteiger partial charge < -0.3 is 21.1 Å². The molecule has 2 rings (SSSR count). The van der Waals surface area contributed by atoms with Gasteiger partial charge in [-0.25, -0.2) is 4.99 Å². The number of aliphatic imine (C=N–C) groups is 1. The van der Waals surface area contributed by atoms with Gasteiger partial charge in [0.15, 0.2) is 5.96 Å². The van der Waals surface area contributed by atoms with Gasteiger partial charge in [0.1, 0.15) is 6.10 Å². The predicted octanol–water partition coefficient (Wildman–Crippen LogP) is 4.17. The molecule has 6 nitrogen and oxygen atoms in total. The lowest BCUT2D eigenvalue weighted by Gasteiger charge is -2.14. The highest BCUT2D eigenvalue weighted by Crippen LogP contribution is 2.26. The predicted molar refractivity (Wildman–Crippen MR) is 122 cm³/mol. The van der Waals surface area contributed by atoms with Crippen LogP contribution in [0.2, 0.25) is 4.34 Å². The molecule has 1 aromatic carbocycles. The van der Waals surface area contributed by atoms with E-state index in [4.69, 9.17) is 11.6 Å². The molecule has 0 saturated carbocycles. The highest BCUT2D eigenvalue weighted by atomic mass is 35.5. The number of aliphatic hydroxyl groups excluding tert-OH is 1. The van der Waals surface area contributed by atoms with Crippen LogP contribution in [0, 0.1) is 5.92 Å². The van der Waals surface area contributed by atoms with E-state index in [0.29, 0.717) is 29.9 Å². The number of benzene rings is 1. The summed E-state index contributed by atoms with van der Waals surface area (Å²) in [5.74, 6) is 0.611. The first-order chi connectivity index (χ1) is 13.9. The summed E-state index contributed by atoms with van der Waals surface area (Å²) in [6.07, 6.45) is 0.146. The zero-order valence-corrected chi connectivity index (χ0v) is 18.6. The van der Waals surface area contributed by atoms with Crippen molar-refractivity contribution >= 4 is 40.5 Å². The Bertz CT molecular complexity index is 825. The van der Waals surface area contributed by atoms with Gasteiger partial charge in [0, 0.05) is 29.6 Å². The minimum absolute atomic E-state index is 0.0193. The molecule has 0 aliphatic rings. The summed E-state index contributed by atoms with van der Waals surface area (Å²) >= 11 is 7.29. The van der Waals surface area contributed by atoms with Crippen LogP contribution in [0.4, 0.5) is 5.69 Å². The van der Waals surface area contributed by atoms with Crippen LogP contribution >= 0.6 is 22.9 Å². The normalized spacial score (nSPS) is 13.6. The Morgan fingerprint density at radius 3 is 2.69 bits per heavy atom. The number of aliphatic hydroxyl groups is 1. The average Bonchev–Trinajstić information content (AvgIpc) is 3.15. The number of guanidine groups is 1. The van der Waals surface area contributed by atoms with Gasteiger partial charge in [0.2, 0.25) is 5.91 Å². The third-order valence-electron chi connectivity index (χ3n) is 4.40. The second-order valence-electron chi connectivity index (χ2n) is 6.73. The number of carbonyl (C=O) groups excluding carboxylic acids is 1. The number of hydrogen-bond acceptors (Lipinski definition) is 4. The molecule has 158 valence electrons. The molecule has 2 atom stereocenters. The van der Waals surface area contributed by atoms with E-state index in [9.17, 15) is 9.90 Å². The highest BCUT2D eigenvalue weighted by molar-refractivity contribution is 7.16. The Morgan fingerprint density at radius 2 is 2.03 bits per heavy atom. The van der Waals surface area contributed by atoms with E-state index in [1.807, 2.05) is 51.1 Å². The third kappa shape index (κ3) is 7.68. The largest absolute Gasteiger partial charge is 0.386 e. The maximum Gasteiger partial charge on any atom is 0.227 e. The summed E-state index contributed by atoms with van der Waals surface area (Å²) < 4.78 is 0.653. The van der Waals surface area contributed by atoms with Crippen molar-refractivity contribution in [3.05, 3.63) is 51.2 Å². The van der Waals surface area contributed by atoms with Gasteiger partial charge in [-0.3, -0.25) is 4.79 Å². The lowest BCUT2D eigenvalue weighted by molar-refractivity contribution is -0.119. The highest BCUT2D eigenvalue weighted by Gasteiger charge is 2.12. The number of anilines is 1. The lowest BCUT2D eigenvalue weighted by Crippen LogP contribution is -2.39. The molecular formula is C21H29ClN4O2S. The zero-order chi connectivity index (χ0) is 21.2. The molecule has 1 amide bonds. The van der Waals surface area contributed by atoms with Crippen molar-refractivity contribution in [3.63, 3.8) is 0 Å². The SMILES string of the molecule is CCNC(=NCc1cccc(NC(=O)C(C)CC)c1)NCC(O)c1ccc(Cl)s1. The standard InChI is InChI=1S/C21H29ClN4O2S/c1-4-14(3)20(28)26-16-8-6-7-15(11-16)12-24-21(23-5-2)25-13-17(27)18-9-10-19(22)29-18/h6-11,14,17,27H,4-5,12-13H2,1-3H3,(H,26,28)(H2,23,24,25). The zero-order valence-electron chi connectivity index (χ0n) is 17.0. The van der Waals surface area contributed by atoms with Gasteiger partial charge in [0.25, 0.3) is 0 Å². The number of thiophene rings is 1. The summed E-state index contributed by atoms with van der Waals surface area (Å²) in [5, 5.41) is 19.6. The van der Waals surface area contributed by atoms with Crippen LogP contribution in [0.1, 0.15) is 43.7 Å². The van der Waals surface area contributed by atoms with E-state index in [2.05, 4.69) is 20.9 Å². The lowest BCUT2D eigenvalue weighted by atomic mass is 10.1. The number of amides is 1. The second kappa shape index (κ2) is 11.8. The Balaban J connectivity index is 1.96. The van der Waals surface area contributed by atoms with Gasteiger partial charge >= 0.3 is 0 Å². The van der Waals surface area contributed by atoms with Crippen molar-refractivity contribution in [1.82, 2.24) is 10.6 Å². The molecule has 1 heterocycles. The maximum absolute atomic E-state index is 12.1. The first-order valence-corrected chi connectivity index (χ1v) is 11.0. The fraction of sp³-hybridized carbons (Fsp3) is 0.429. The molecule has 0 saturated heterocycles. The van der Waals surface area contributed by atoms with Gasteiger partial charge in [-0.15, -0.1) is 11.3 Å². The van der Waals surface area contributed by atoms with E-state index in [0.717, 1.165) is 22.5 Å².